The lowest BCUT2D eigenvalue weighted by atomic mass is 10.0. The Morgan fingerprint density at radius 1 is 0.520 bits per heavy atom. The van der Waals surface area contributed by atoms with Crippen LogP contribution in [0, 0.1) is 0 Å². The summed E-state index contributed by atoms with van der Waals surface area (Å²) in [4.78, 5) is 24.4. The van der Waals surface area contributed by atoms with E-state index in [9.17, 15) is 9.59 Å². The van der Waals surface area contributed by atoms with Gasteiger partial charge in [-0.15, -0.1) is 0 Å². The summed E-state index contributed by atoms with van der Waals surface area (Å²) in [5, 5.41) is 10.9. The highest BCUT2D eigenvalue weighted by atomic mass is 16.2. The number of nitrogens with zero attached hydrogens (tertiary/aromatic N) is 2. The quantitative estimate of drug-likeness (QED) is 0.119. The Morgan fingerprint density at radius 3 is 1.58 bits per heavy atom. The molecule has 0 heterocycles. The first-order valence-electron chi connectivity index (χ1n) is 17.0. The molecule has 0 saturated heterocycles. The number of fused-ring (bicyclic) bond motifs is 1. The minimum absolute atomic E-state index is 0. The molecule has 0 radical (unpaired) electrons. The zero-order valence-electron chi connectivity index (χ0n) is 29.1. The predicted octanol–water partition coefficient (Wildman–Crippen LogP) is 10.8. The number of benzene rings is 6. The normalized spacial score (nSPS) is 11.0. The Balaban J connectivity index is 0.000000348. The maximum atomic E-state index is 12.4. The van der Waals surface area contributed by atoms with E-state index in [1.165, 1.54) is 5.39 Å². The van der Waals surface area contributed by atoms with Crippen LogP contribution in [-0.2, 0) is 0 Å². The molecule has 2 N–H and O–H groups in total. The van der Waals surface area contributed by atoms with Crippen molar-refractivity contribution in [1.29, 1.82) is 0 Å². The number of nitrogens with one attached hydrogen (secondary N) is 2. The summed E-state index contributed by atoms with van der Waals surface area (Å²) in [7, 11) is 0. The zero-order chi connectivity index (χ0) is 35.6. The Kier molecular flexibility index (Phi) is 14.4. The lowest BCUT2D eigenvalue weighted by molar-refractivity contribution is 0.0947. The minimum Gasteiger partial charge on any atom is -0.267 e. The number of rotatable bonds is 9. The highest BCUT2D eigenvalue weighted by Gasteiger charge is 2.08. The molecule has 0 bridgehead atoms. The molecule has 0 aromatic heterocycles. The van der Waals surface area contributed by atoms with Crippen molar-refractivity contribution in [2.75, 3.05) is 0 Å². The molecule has 50 heavy (non-hydrogen) atoms. The highest BCUT2D eigenvalue weighted by molar-refractivity contribution is 6.04. The van der Waals surface area contributed by atoms with Gasteiger partial charge in [0.2, 0.25) is 0 Å². The van der Waals surface area contributed by atoms with Gasteiger partial charge in [-0.1, -0.05) is 155 Å². The first-order chi connectivity index (χ1) is 24.5. The number of hydrazone groups is 2. The summed E-state index contributed by atoms with van der Waals surface area (Å²) in [6.45, 7) is 7.99. The highest BCUT2D eigenvalue weighted by Crippen LogP contribution is 2.19. The van der Waals surface area contributed by atoms with Crippen molar-refractivity contribution in [3.63, 3.8) is 0 Å². The number of carbonyl (C=O) groups is 2. The van der Waals surface area contributed by atoms with Gasteiger partial charge in [0.05, 0.1) is 11.4 Å². The van der Waals surface area contributed by atoms with Gasteiger partial charge in [-0.3, -0.25) is 9.59 Å². The number of amides is 2. The van der Waals surface area contributed by atoms with E-state index in [2.05, 4.69) is 52.2 Å². The van der Waals surface area contributed by atoms with Crippen molar-refractivity contribution in [2.24, 2.45) is 10.2 Å². The molecule has 0 spiro atoms. The van der Waals surface area contributed by atoms with Crippen LogP contribution >= 0.6 is 0 Å². The predicted molar refractivity (Wildman–Crippen MR) is 213 cm³/mol. The van der Waals surface area contributed by atoms with Crippen LogP contribution in [0.2, 0.25) is 0 Å². The molecular formula is C44H48N4O2. The Hall–Kier alpha value is -6.14. The minimum atomic E-state index is -0.222. The third kappa shape index (κ3) is 10.7. The summed E-state index contributed by atoms with van der Waals surface area (Å²) >= 11 is 0. The molecule has 2 amide bonds. The van der Waals surface area contributed by atoms with E-state index in [1.54, 1.807) is 12.1 Å². The second-order valence-corrected chi connectivity index (χ2v) is 11.1. The summed E-state index contributed by atoms with van der Waals surface area (Å²) < 4.78 is 0. The molecular weight excluding hydrogens is 617 g/mol. The molecule has 6 aromatic rings. The second-order valence-electron chi connectivity index (χ2n) is 11.1. The van der Waals surface area contributed by atoms with Gasteiger partial charge in [0, 0.05) is 14.0 Å². The van der Waals surface area contributed by atoms with Gasteiger partial charge in [-0.05, 0) is 76.7 Å². The van der Waals surface area contributed by atoms with Crippen molar-refractivity contribution in [3.05, 3.63) is 180 Å². The molecule has 0 aliphatic rings. The van der Waals surface area contributed by atoms with Gasteiger partial charge < -0.3 is 0 Å². The van der Waals surface area contributed by atoms with Crippen molar-refractivity contribution in [1.82, 2.24) is 10.9 Å². The van der Waals surface area contributed by atoms with Crippen molar-refractivity contribution >= 4 is 34.0 Å². The molecule has 6 heteroatoms. The van der Waals surface area contributed by atoms with Crippen LogP contribution in [0.4, 0.5) is 0 Å². The maximum Gasteiger partial charge on any atom is 0.271 e. The van der Waals surface area contributed by atoms with Gasteiger partial charge in [0.15, 0.2) is 0 Å². The van der Waals surface area contributed by atoms with Crippen LogP contribution in [0.3, 0.4) is 0 Å². The zero-order valence-corrected chi connectivity index (χ0v) is 29.1. The summed E-state index contributed by atoms with van der Waals surface area (Å²) in [5.74, 6) is -0.408. The first kappa shape index (κ1) is 36.7. The molecule has 0 atom stereocenters. The van der Waals surface area contributed by atoms with Gasteiger partial charge in [0.25, 0.3) is 11.8 Å². The molecule has 6 nitrogen and oxygen atoms in total. The smallest absolute Gasteiger partial charge is 0.267 e. The summed E-state index contributed by atoms with van der Waals surface area (Å²) in [6, 6.07) is 51.0. The number of carbonyl (C=O) groups excluding carboxylic acids is 2. The average Bonchev–Trinajstić information content (AvgIpc) is 3.20. The van der Waals surface area contributed by atoms with E-state index in [4.69, 9.17) is 0 Å². The van der Waals surface area contributed by atoms with Crippen LogP contribution in [0.5, 0.6) is 0 Å². The van der Waals surface area contributed by atoms with Gasteiger partial charge in [-0.25, -0.2) is 10.9 Å². The van der Waals surface area contributed by atoms with Gasteiger partial charge in [-0.2, -0.15) is 10.2 Å². The first-order valence-corrected chi connectivity index (χ1v) is 17.0. The van der Waals surface area contributed by atoms with Gasteiger partial charge in [0.1, 0.15) is 0 Å². The molecule has 256 valence electrons. The Labute approximate surface area is 298 Å². The van der Waals surface area contributed by atoms with Crippen LogP contribution < -0.4 is 10.9 Å². The third-order valence-electron chi connectivity index (χ3n) is 7.67. The maximum absolute atomic E-state index is 12.4. The van der Waals surface area contributed by atoms with E-state index in [0.717, 1.165) is 51.9 Å². The van der Waals surface area contributed by atoms with E-state index >= 15 is 0 Å². The average molecular weight is 665 g/mol. The van der Waals surface area contributed by atoms with Gasteiger partial charge >= 0.3 is 0 Å². The third-order valence-corrected chi connectivity index (χ3v) is 7.67. The Morgan fingerprint density at radius 2 is 0.980 bits per heavy atom. The van der Waals surface area contributed by atoms with Crippen molar-refractivity contribution < 1.29 is 12.4 Å². The molecule has 0 unspecified atom stereocenters. The molecule has 0 aliphatic carbocycles. The molecule has 6 rings (SSSR count). The lowest BCUT2D eigenvalue weighted by Gasteiger charge is -2.06. The van der Waals surface area contributed by atoms with Crippen LogP contribution in [-0.4, -0.2) is 23.2 Å². The van der Waals surface area contributed by atoms with E-state index in [1.807, 2.05) is 142 Å². The molecule has 0 aliphatic heterocycles. The van der Waals surface area contributed by atoms with E-state index in [-0.39, 0.29) is 14.7 Å². The topological polar surface area (TPSA) is 82.9 Å². The van der Waals surface area contributed by atoms with Crippen molar-refractivity contribution in [3.8, 4) is 11.1 Å². The van der Waals surface area contributed by atoms with Crippen LogP contribution in [0.25, 0.3) is 21.9 Å². The molecule has 0 saturated carbocycles. The van der Waals surface area contributed by atoms with E-state index in [0.29, 0.717) is 11.1 Å². The molecule has 6 aromatic carbocycles. The summed E-state index contributed by atoms with van der Waals surface area (Å²) in [5.41, 5.74) is 12.4. The van der Waals surface area contributed by atoms with Crippen LogP contribution in [0.1, 0.15) is 75.2 Å². The lowest BCUT2D eigenvalue weighted by Crippen LogP contribution is -2.20. The fraction of sp³-hybridized carbons (Fsp3) is 0.136. The number of hydrogen-bond acceptors (Lipinski definition) is 4. The second kappa shape index (κ2) is 19.6. The van der Waals surface area contributed by atoms with Crippen molar-refractivity contribution in [2.45, 2.75) is 40.5 Å². The van der Waals surface area contributed by atoms with Crippen LogP contribution in [0.15, 0.2) is 168 Å². The van der Waals surface area contributed by atoms with E-state index < -0.39 is 0 Å². The summed E-state index contributed by atoms with van der Waals surface area (Å²) in [6.07, 6.45) is 1.81. The fourth-order valence-electron chi connectivity index (χ4n) is 5.03. The SMILES string of the molecule is C/C(=N\NC(=O)c1ccc(-c2ccccc2)cc1)c1ccc2ccccc2c1.CC.CCC/C(=N/NC(=O)c1ccccc1)c1ccccc1.[HH].[HH]. The number of hydrogen-bond donors (Lipinski definition) is 2. The Bertz CT molecular complexity index is 2020. The standard InChI is InChI=1S/C25H20N2O.C17H18N2O.C2H6.2H2/c1-18(23-16-13-20-9-5-6-10-24(20)17-23)26-27-25(28)22-14-11-21(12-15-22)19-7-3-2-4-8-19;1-2-9-16(14-10-5-3-6-11-14)18-19-17(20)15-12-7-4-8-13-15;1-2;;/h2-17H,1H3,(H,27,28);3-8,10-13H,2,9H2,1H3,(H,19,20);1-2H3;2*1H/b26-18+;18-16-;;;. The molecule has 0 fully saturated rings. The fourth-order valence-corrected chi connectivity index (χ4v) is 5.03. The largest absolute Gasteiger partial charge is 0.271 e. The monoisotopic (exact) mass is 664 g/mol.